The Kier molecular flexibility index (Phi) is 4.22. The van der Waals surface area contributed by atoms with Crippen LogP contribution in [0, 0.1) is 11.3 Å². The van der Waals surface area contributed by atoms with Gasteiger partial charge in [-0.25, -0.2) is 0 Å². The number of hydrogen-bond donors (Lipinski definition) is 0. The lowest BCUT2D eigenvalue weighted by atomic mass is 9.79. The first-order valence-corrected chi connectivity index (χ1v) is 4.53. The summed E-state index contributed by atoms with van der Waals surface area (Å²) < 4.78 is 0. The summed E-state index contributed by atoms with van der Waals surface area (Å²) in [6, 6.07) is 0. The van der Waals surface area contributed by atoms with Crippen LogP contribution in [0.4, 0.5) is 0 Å². The maximum absolute atomic E-state index is 11.2. The van der Waals surface area contributed by atoms with E-state index >= 15 is 0 Å². The van der Waals surface area contributed by atoms with Gasteiger partial charge in [-0.1, -0.05) is 33.8 Å². The fourth-order valence-electron chi connectivity index (χ4n) is 0.862. The predicted octanol–water partition coefficient (Wildman–Crippen LogP) is 3.20. The molecule has 0 spiro atoms. The zero-order chi connectivity index (χ0) is 9.78. The molecule has 0 saturated carbocycles. The second kappa shape index (κ2) is 4.44. The summed E-state index contributed by atoms with van der Waals surface area (Å²) in [4.78, 5) is 11.2. The molecule has 1 unspecified atom stereocenters. The van der Waals surface area contributed by atoms with E-state index in [4.69, 9.17) is 0 Å². The van der Waals surface area contributed by atoms with Crippen LogP contribution in [-0.2, 0) is 4.79 Å². The van der Waals surface area contributed by atoms with Gasteiger partial charge in [0.1, 0.15) is 0 Å². The minimum Gasteiger partial charge on any atom is -0.295 e. The summed E-state index contributed by atoms with van der Waals surface area (Å²) in [5.41, 5.74) is 0.233. The van der Waals surface area contributed by atoms with Gasteiger partial charge in [-0.05, 0) is 24.3 Å². The van der Waals surface area contributed by atoms with Crippen LogP contribution in [0.15, 0.2) is 12.2 Å². The van der Waals surface area contributed by atoms with Gasteiger partial charge >= 0.3 is 0 Å². The molecular formula is C11H20O. The van der Waals surface area contributed by atoms with Gasteiger partial charge in [0, 0.05) is 6.42 Å². The van der Waals surface area contributed by atoms with Crippen LogP contribution in [-0.4, -0.2) is 5.78 Å². The Balaban J connectivity index is 4.01. The standard InChI is InChI=1S/C11H20O/c1-6-7-10(12)8-9(2)11(3,4)5/h6-7,9H,8H2,1-5H3/b7-6+. The van der Waals surface area contributed by atoms with Crippen molar-refractivity contribution in [3.05, 3.63) is 12.2 Å². The summed E-state index contributed by atoms with van der Waals surface area (Å²) in [6.07, 6.45) is 4.12. The lowest BCUT2D eigenvalue weighted by molar-refractivity contribution is -0.116. The fourth-order valence-corrected chi connectivity index (χ4v) is 0.862. The smallest absolute Gasteiger partial charge is 0.155 e. The Morgan fingerprint density at radius 2 is 1.92 bits per heavy atom. The van der Waals surface area contributed by atoms with Crippen molar-refractivity contribution in [3.63, 3.8) is 0 Å². The molecule has 0 bridgehead atoms. The van der Waals surface area contributed by atoms with E-state index in [1.807, 2.05) is 6.92 Å². The monoisotopic (exact) mass is 168 g/mol. The maximum Gasteiger partial charge on any atom is 0.155 e. The first-order chi connectivity index (χ1) is 5.38. The molecule has 0 radical (unpaired) electrons. The van der Waals surface area contributed by atoms with Gasteiger partial charge in [0.15, 0.2) is 5.78 Å². The SMILES string of the molecule is C/C=C/C(=O)CC(C)C(C)(C)C. The van der Waals surface area contributed by atoms with Crippen molar-refractivity contribution in [1.82, 2.24) is 0 Å². The molecule has 0 N–H and O–H groups in total. The van der Waals surface area contributed by atoms with Gasteiger partial charge in [-0.15, -0.1) is 0 Å². The van der Waals surface area contributed by atoms with E-state index in [9.17, 15) is 4.79 Å². The van der Waals surface area contributed by atoms with Gasteiger partial charge in [0.05, 0.1) is 0 Å². The number of allylic oxidation sites excluding steroid dienone is 2. The van der Waals surface area contributed by atoms with Crippen LogP contribution < -0.4 is 0 Å². The molecule has 0 amide bonds. The van der Waals surface area contributed by atoms with E-state index in [1.165, 1.54) is 0 Å². The Bertz CT molecular complexity index is 172. The Labute approximate surface area is 75.9 Å². The minimum absolute atomic E-state index is 0.233. The second-order valence-electron chi connectivity index (χ2n) is 4.44. The molecule has 12 heavy (non-hydrogen) atoms. The van der Waals surface area contributed by atoms with Crippen molar-refractivity contribution in [2.45, 2.75) is 41.0 Å². The van der Waals surface area contributed by atoms with Crippen LogP contribution in [0.1, 0.15) is 41.0 Å². The molecule has 1 nitrogen and oxygen atoms in total. The summed E-state index contributed by atoms with van der Waals surface area (Å²) in [7, 11) is 0. The summed E-state index contributed by atoms with van der Waals surface area (Å²) in [5, 5.41) is 0. The Hall–Kier alpha value is -0.590. The zero-order valence-electron chi connectivity index (χ0n) is 8.85. The van der Waals surface area contributed by atoms with Crippen molar-refractivity contribution >= 4 is 5.78 Å². The Morgan fingerprint density at radius 1 is 1.42 bits per heavy atom. The van der Waals surface area contributed by atoms with Crippen LogP contribution in [0.5, 0.6) is 0 Å². The number of rotatable bonds is 3. The first-order valence-electron chi connectivity index (χ1n) is 4.53. The molecule has 0 aromatic heterocycles. The zero-order valence-corrected chi connectivity index (χ0v) is 8.85. The van der Waals surface area contributed by atoms with Crippen LogP contribution in [0.2, 0.25) is 0 Å². The van der Waals surface area contributed by atoms with E-state index in [-0.39, 0.29) is 11.2 Å². The van der Waals surface area contributed by atoms with E-state index in [2.05, 4.69) is 27.7 Å². The molecule has 1 heteroatoms. The van der Waals surface area contributed by atoms with Crippen molar-refractivity contribution < 1.29 is 4.79 Å². The van der Waals surface area contributed by atoms with Crippen molar-refractivity contribution in [1.29, 1.82) is 0 Å². The van der Waals surface area contributed by atoms with Gasteiger partial charge in [0.2, 0.25) is 0 Å². The van der Waals surface area contributed by atoms with Gasteiger partial charge in [-0.2, -0.15) is 0 Å². The van der Waals surface area contributed by atoms with Crippen molar-refractivity contribution in [2.24, 2.45) is 11.3 Å². The van der Waals surface area contributed by atoms with Gasteiger partial charge in [-0.3, -0.25) is 4.79 Å². The molecule has 0 aromatic rings. The van der Waals surface area contributed by atoms with Crippen molar-refractivity contribution in [3.8, 4) is 0 Å². The number of carbonyl (C=O) groups is 1. The molecule has 0 rings (SSSR count). The fraction of sp³-hybridized carbons (Fsp3) is 0.727. The highest BCUT2D eigenvalue weighted by molar-refractivity contribution is 5.89. The minimum atomic E-state index is 0.233. The molecule has 0 heterocycles. The second-order valence-corrected chi connectivity index (χ2v) is 4.44. The van der Waals surface area contributed by atoms with E-state index in [0.29, 0.717) is 12.3 Å². The predicted molar refractivity (Wildman–Crippen MR) is 53.1 cm³/mol. The molecule has 0 aliphatic carbocycles. The van der Waals surface area contributed by atoms with Crippen LogP contribution in [0.3, 0.4) is 0 Å². The molecule has 1 atom stereocenters. The number of hydrogen-bond acceptors (Lipinski definition) is 1. The summed E-state index contributed by atoms with van der Waals surface area (Å²) in [5.74, 6) is 0.682. The maximum atomic E-state index is 11.2. The summed E-state index contributed by atoms with van der Waals surface area (Å²) >= 11 is 0. The topological polar surface area (TPSA) is 17.1 Å². The highest BCUT2D eigenvalue weighted by Gasteiger charge is 2.21. The third kappa shape index (κ3) is 4.32. The lowest BCUT2D eigenvalue weighted by Gasteiger charge is -2.26. The van der Waals surface area contributed by atoms with E-state index in [0.717, 1.165) is 0 Å². The molecule has 0 saturated heterocycles. The molecule has 70 valence electrons. The molecule has 0 aliphatic rings. The molecular weight excluding hydrogens is 148 g/mol. The molecule has 0 aliphatic heterocycles. The quantitative estimate of drug-likeness (QED) is 0.591. The number of ketones is 1. The normalized spacial score (nSPS) is 15.1. The van der Waals surface area contributed by atoms with E-state index in [1.54, 1.807) is 12.2 Å². The third-order valence-corrected chi connectivity index (χ3v) is 2.34. The van der Waals surface area contributed by atoms with Crippen molar-refractivity contribution in [2.75, 3.05) is 0 Å². The van der Waals surface area contributed by atoms with Crippen LogP contribution >= 0.6 is 0 Å². The highest BCUT2D eigenvalue weighted by Crippen LogP contribution is 2.28. The van der Waals surface area contributed by atoms with Gasteiger partial charge in [0.25, 0.3) is 0 Å². The third-order valence-electron chi connectivity index (χ3n) is 2.34. The average Bonchev–Trinajstić information content (AvgIpc) is 1.85. The molecule has 0 fully saturated rings. The first kappa shape index (κ1) is 11.4. The van der Waals surface area contributed by atoms with Gasteiger partial charge < -0.3 is 0 Å². The Morgan fingerprint density at radius 3 is 2.25 bits per heavy atom. The van der Waals surface area contributed by atoms with E-state index < -0.39 is 0 Å². The van der Waals surface area contributed by atoms with Crippen LogP contribution in [0.25, 0.3) is 0 Å². The highest BCUT2D eigenvalue weighted by atomic mass is 16.1. The number of carbonyl (C=O) groups excluding carboxylic acids is 1. The lowest BCUT2D eigenvalue weighted by Crippen LogP contribution is -2.19. The largest absolute Gasteiger partial charge is 0.295 e. The average molecular weight is 168 g/mol. The molecule has 0 aromatic carbocycles. The summed E-state index contributed by atoms with van der Waals surface area (Å²) in [6.45, 7) is 10.5.